The normalized spacial score (nSPS) is 15.7. The van der Waals surface area contributed by atoms with Crippen LogP contribution in [0, 0.1) is 0 Å². The van der Waals surface area contributed by atoms with E-state index in [1.165, 1.54) is 0 Å². The van der Waals surface area contributed by atoms with Gasteiger partial charge in [0.1, 0.15) is 18.7 Å². The monoisotopic (exact) mass is 845 g/mol. The SMILES string of the molecule is COC(CC(C[C@H](N=[N+]=[N-])C(=O)N1C(=O)OC[C@@H]1Cc1ccccc1)c1ccccc1)OC.COC(CC(C[C@H](N=[N+]=[N-])C(=O)OCC[Si](C)(C)C)c1ccccc1)OC. The molecular weight excluding hydrogens is 787 g/mol. The van der Waals surface area contributed by atoms with Gasteiger partial charge >= 0.3 is 12.1 Å². The van der Waals surface area contributed by atoms with E-state index in [0.29, 0.717) is 32.3 Å². The zero-order valence-corrected chi connectivity index (χ0v) is 36.7. The molecule has 0 radical (unpaired) electrons. The Morgan fingerprint density at radius 2 is 1.18 bits per heavy atom. The summed E-state index contributed by atoms with van der Waals surface area (Å²) in [4.78, 5) is 45.2. The molecule has 3 aromatic carbocycles. The second-order valence-corrected chi connectivity index (χ2v) is 21.1. The molecule has 1 aliphatic heterocycles. The summed E-state index contributed by atoms with van der Waals surface area (Å²) in [5, 5.41) is 7.47. The lowest BCUT2D eigenvalue weighted by atomic mass is 9.88. The molecule has 324 valence electrons. The van der Waals surface area contributed by atoms with E-state index in [1.54, 1.807) is 28.4 Å². The number of benzene rings is 3. The molecule has 16 nitrogen and oxygen atoms in total. The third-order valence-electron chi connectivity index (χ3n) is 10.1. The number of esters is 1. The van der Waals surface area contributed by atoms with Gasteiger partial charge in [-0.15, -0.1) is 0 Å². The molecule has 0 bridgehead atoms. The molecule has 0 N–H and O–H groups in total. The standard InChI is InChI=1S/C24H28N4O5.C19H31N3O4Si/c1-31-22(32-2)15-19(18-11-7-4-8-12-18)14-21(26-27-25)23(29)28-20(16-33-24(28)30)13-17-9-5-3-6-10-17;1-24-18(25-2)14-16(15-9-7-6-8-10-15)13-17(21-22-20)19(23)26-11-12-27(3,4)5/h3-12,19-22H,13-16H2,1-2H3;6-10,16-18H,11-14H2,1-5H3/t19?,20-,21-;16?,17-/m00/s1. The van der Waals surface area contributed by atoms with Crippen molar-refractivity contribution in [2.75, 3.05) is 41.7 Å². The van der Waals surface area contributed by atoms with Gasteiger partial charge in [0.05, 0.1) is 12.6 Å². The highest BCUT2D eigenvalue weighted by molar-refractivity contribution is 6.76. The van der Waals surface area contributed by atoms with E-state index in [9.17, 15) is 19.9 Å². The average molecular weight is 846 g/mol. The van der Waals surface area contributed by atoms with E-state index >= 15 is 0 Å². The van der Waals surface area contributed by atoms with Crippen molar-refractivity contribution in [3.63, 3.8) is 0 Å². The van der Waals surface area contributed by atoms with Crippen molar-refractivity contribution in [2.24, 2.45) is 10.2 Å². The first-order chi connectivity index (χ1) is 28.9. The Balaban J connectivity index is 0.000000328. The lowest BCUT2D eigenvalue weighted by molar-refractivity contribution is -0.145. The summed E-state index contributed by atoms with van der Waals surface area (Å²) in [5.74, 6) is -1.32. The number of ether oxygens (including phenoxy) is 6. The molecule has 3 aromatic rings. The maximum Gasteiger partial charge on any atom is 0.416 e. The molecule has 5 atom stereocenters. The summed E-state index contributed by atoms with van der Waals surface area (Å²) in [6, 6.07) is 27.3. The minimum absolute atomic E-state index is 0.0730. The van der Waals surface area contributed by atoms with Gasteiger partial charge in [0.25, 0.3) is 0 Å². The number of hydrogen-bond acceptors (Lipinski definition) is 11. The fourth-order valence-corrected chi connectivity index (χ4v) is 7.48. The van der Waals surface area contributed by atoms with Crippen LogP contribution in [0.25, 0.3) is 20.9 Å². The first-order valence-corrected chi connectivity index (χ1v) is 23.6. The highest BCUT2D eigenvalue weighted by atomic mass is 28.3. The second-order valence-electron chi connectivity index (χ2n) is 15.5. The van der Waals surface area contributed by atoms with Gasteiger partial charge in [-0.1, -0.05) is 121 Å². The van der Waals surface area contributed by atoms with Crippen LogP contribution in [-0.2, 0) is 44.4 Å². The summed E-state index contributed by atoms with van der Waals surface area (Å²) >= 11 is 0. The minimum Gasteiger partial charge on any atom is -0.466 e. The van der Waals surface area contributed by atoms with E-state index in [2.05, 4.69) is 39.7 Å². The summed E-state index contributed by atoms with van der Waals surface area (Å²) in [7, 11) is 4.93. The van der Waals surface area contributed by atoms with E-state index in [0.717, 1.165) is 27.6 Å². The van der Waals surface area contributed by atoms with Crippen molar-refractivity contribution in [2.45, 2.75) is 100 Å². The average Bonchev–Trinajstić information content (AvgIpc) is 3.62. The van der Waals surface area contributed by atoms with Crippen molar-refractivity contribution < 1.29 is 42.8 Å². The molecule has 1 fully saturated rings. The fourth-order valence-electron chi connectivity index (χ4n) is 6.76. The van der Waals surface area contributed by atoms with Crippen LogP contribution in [0.5, 0.6) is 0 Å². The first-order valence-electron chi connectivity index (χ1n) is 19.9. The van der Waals surface area contributed by atoms with Gasteiger partial charge in [0, 0.05) is 59.2 Å². The van der Waals surface area contributed by atoms with Gasteiger partial charge < -0.3 is 28.4 Å². The van der Waals surface area contributed by atoms with Crippen LogP contribution >= 0.6 is 0 Å². The molecule has 17 heteroatoms. The van der Waals surface area contributed by atoms with Crippen LogP contribution in [0.1, 0.15) is 54.2 Å². The minimum atomic E-state index is -1.31. The van der Waals surface area contributed by atoms with Crippen molar-refractivity contribution in [1.82, 2.24) is 4.90 Å². The van der Waals surface area contributed by atoms with Crippen LogP contribution in [0.2, 0.25) is 25.7 Å². The Bertz CT molecular complexity index is 1840. The lowest BCUT2D eigenvalue weighted by Crippen LogP contribution is -2.45. The van der Waals surface area contributed by atoms with E-state index in [1.807, 2.05) is 91.0 Å². The maximum absolute atomic E-state index is 13.4. The molecule has 60 heavy (non-hydrogen) atoms. The molecule has 0 spiro atoms. The van der Waals surface area contributed by atoms with Gasteiger partial charge in [-0.2, -0.15) is 0 Å². The lowest BCUT2D eigenvalue weighted by Gasteiger charge is -2.27. The summed E-state index contributed by atoms with van der Waals surface area (Å²) < 4.78 is 31.9. The topological polar surface area (TPSA) is 207 Å². The molecule has 2 unspecified atom stereocenters. The number of azide groups is 2. The number of imide groups is 1. The quantitative estimate of drug-likeness (QED) is 0.0222. The fraction of sp³-hybridized carbons (Fsp3) is 0.512. The first kappa shape index (κ1) is 49.1. The van der Waals surface area contributed by atoms with Gasteiger partial charge in [-0.3, -0.25) is 9.59 Å². The molecule has 2 amide bonds. The van der Waals surface area contributed by atoms with Crippen molar-refractivity contribution in [1.29, 1.82) is 0 Å². The van der Waals surface area contributed by atoms with E-state index < -0.39 is 56.7 Å². The summed E-state index contributed by atoms with van der Waals surface area (Å²) in [5.41, 5.74) is 21.0. The zero-order chi connectivity index (χ0) is 43.9. The van der Waals surface area contributed by atoms with Crippen molar-refractivity contribution >= 4 is 26.0 Å². The number of hydrogen-bond donors (Lipinski definition) is 0. The molecule has 4 rings (SSSR count). The number of cyclic esters (lactones) is 1. The van der Waals surface area contributed by atoms with Crippen molar-refractivity contribution in [3.8, 4) is 0 Å². The van der Waals surface area contributed by atoms with Crippen LogP contribution in [0.15, 0.2) is 101 Å². The molecule has 1 saturated heterocycles. The Hall–Kier alpha value is -5.25. The molecule has 0 aromatic heterocycles. The predicted molar refractivity (Wildman–Crippen MR) is 230 cm³/mol. The Morgan fingerprint density at radius 1 is 0.733 bits per heavy atom. The number of methoxy groups -OCH3 is 4. The van der Waals surface area contributed by atoms with Gasteiger partial charge in [-0.05, 0) is 64.9 Å². The van der Waals surface area contributed by atoms with E-state index in [-0.39, 0.29) is 24.9 Å². The largest absolute Gasteiger partial charge is 0.466 e. The molecule has 0 aliphatic carbocycles. The highest BCUT2D eigenvalue weighted by Gasteiger charge is 2.41. The van der Waals surface area contributed by atoms with Crippen LogP contribution in [0.4, 0.5) is 4.79 Å². The van der Waals surface area contributed by atoms with Crippen LogP contribution < -0.4 is 0 Å². The third-order valence-corrected chi connectivity index (χ3v) is 11.8. The number of amides is 2. The molecule has 0 saturated carbocycles. The molecule has 1 aliphatic rings. The van der Waals surface area contributed by atoms with Crippen LogP contribution in [0.3, 0.4) is 0 Å². The molecule has 1 heterocycles. The Labute approximate surface area is 353 Å². The number of carbonyl (C=O) groups is 3. The number of rotatable bonds is 23. The summed E-state index contributed by atoms with van der Waals surface area (Å²) in [6.07, 6.45) is 0.335. The van der Waals surface area contributed by atoms with Crippen LogP contribution in [-0.4, -0.2) is 103 Å². The van der Waals surface area contributed by atoms with Gasteiger partial charge in [0.2, 0.25) is 5.91 Å². The van der Waals surface area contributed by atoms with Gasteiger partial charge in [0.15, 0.2) is 12.6 Å². The maximum atomic E-state index is 13.4. The highest BCUT2D eigenvalue weighted by Crippen LogP contribution is 2.31. The Kier molecular flexibility index (Phi) is 21.3. The predicted octanol–water partition coefficient (Wildman–Crippen LogP) is 9.17. The smallest absolute Gasteiger partial charge is 0.416 e. The number of nitrogens with zero attached hydrogens (tertiary/aromatic N) is 7. The second kappa shape index (κ2) is 26.1. The van der Waals surface area contributed by atoms with Gasteiger partial charge in [-0.25, -0.2) is 9.69 Å². The Morgan fingerprint density at radius 3 is 1.63 bits per heavy atom. The number of carbonyl (C=O) groups excluding carboxylic acids is 3. The third kappa shape index (κ3) is 16.4. The summed E-state index contributed by atoms with van der Waals surface area (Å²) in [6.45, 7) is 7.10. The molecular formula is C43H59N7O9Si. The van der Waals surface area contributed by atoms with Crippen molar-refractivity contribution in [3.05, 3.63) is 129 Å². The zero-order valence-electron chi connectivity index (χ0n) is 35.7. The van der Waals surface area contributed by atoms with E-state index in [4.69, 9.17) is 34.0 Å².